The Labute approximate surface area is 74.7 Å². The predicted molar refractivity (Wildman–Crippen MR) is 48.7 cm³/mol. The molecule has 2 aromatic heterocycles. The van der Waals surface area contributed by atoms with Crippen LogP contribution < -0.4 is 5.73 Å². The molecule has 0 atom stereocenters. The van der Waals surface area contributed by atoms with Crippen molar-refractivity contribution in [3.8, 4) is 0 Å². The summed E-state index contributed by atoms with van der Waals surface area (Å²) in [7, 11) is 0. The minimum atomic E-state index is -0.0387. The first-order valence-electron chi connectivity index (χ1n) is 3.83. The number of amidine groups is 1. The van der Waals surface area contributed by atoms with E-state index >= 15 is 0 Å². The lowest BCUT2D eigenvalue weighted by molar-refractivity contribution is 0.920. The van der Waals surface area contributed by atoms with Crippen LogP contribution in [0, 0.1) is 12.3 Å². The fourth-order valence-electron chi connectivity index (χ4n) is 1.10. The van der Waals surface area contributed by atoms with E-state index in [0.717, 1.165) is 5.56 Å². The monoisotopic (exact) mass is 175 g/mol. The number of rotatable bonds is 1. The van der Waals surface area contributed by atoms with Gasteiger partial charge in [0.2, 0.25) is 0 Å². The van der Waals surface area contributed by atoms with Gasteiger partial charge in [-0.3, -0.25) is 5.41 Å². The van der Waals surface area contributed by atoms with Crippen LogP contribution >= 0.6 is 0 Å². The topological polar surface area (TPSA) is 80.1 Å². The highest BCUT2D eigenvalue weighted by Gasteiger charge is 2.03. The standard InChI is InChI=1S/C8H9N5/c1-5-3-11-7-2-6(8(9)10)12-13(7)4-5/h2-4H,1H3,(H3,9,10). The molecule has 0 aliphatic carbocycles. The number of fused-ring (bicyclic) bond motifs is 1. The molecular weight excluding hydrogens is 166 g/mol. The van der Waals surface area contributed by atoms with Gasteiger partial charge in [-0.15, -0.1) is 0 Å². The molecule has 5 heteroatoms. The third kappa shape index (κ3) is 1.24. The Kier molecular flexibility index (Phi) is 1.51. The normalized spacial score (nSPS) is 10.5. The van der Waals surface area contributed by atoms with Crippen LogP contribution in [0.2, 0.25) is 0 Å². The van der Waals surface area contributed by atoms with Crippen molar-refractivity contribution in [1.82, 2.24) is 14.6 Å². The van der Waals surface area contributed by atoms with Gasteiger partial charge in [-0.05, 0) is 12.5 Å². The number of aromatic nitrogens is 3. The Bertz CT molecular complexity index is 470. The second kappa shape index (κ2) is 2.55. The lowest BCUT2D eigenvalue weighted by atomic mass is 10.4. The van der Waals surface area contributed by atoms with Crippen molar-refractivity contribution < 1.29 is 0 Å². The van der Waals surface area contributed by atoms with Gasteiger partial charge in [-0.25, -0.2) is 9.50 Å². The van der Waals surface area contributed by atoms with Gasteiger partial charge in [0.1, 0.15) is 11.5 Å². The lowest BCUT2D eigenvalue weighted by Crippen LogP contribution is -2.11. The lowest BCUT2D eigenvalue weighted by Gasteiger charge is -1.92. The highest BCUT2D eigenvalue weighted by atomic mass is 15.3. The van der Waals surface area contributed by atoms with E-state index in [9.17, 15) is 0 Å². The molecule has 0 saturated heterocycles. The maximum atomic E-state index is 7.20. The second-order valence-electron chi connectivity index (χ2n) is 2.88. The number of aryl methyl sites for hydroxylation is 1. The number of hydrogen-bond donors (Lipinski definition) is 2. The zero-order valence-corrected chi connectivity index (χ0v) is 7.15. The summed E-state index contributed by atoms with van der Waals surface area (Å²) < 4.78 is 1.62. The van der Waals surface area contributed by atoms with E-state index in [4.69, 9.17) is 11.1 Å². The number of nitrogen functional groups attached to an aromatic ring is 1. The predicted octanol–water partition coefficient (Wildman–Crippen LogP) is 0.322. The molecule has 2 heterocycles. The van der Waals surface area contributed by atoms with E-state index in [1.54, 1.807) is 16.8 Å². The van der Waals surface area contributed by atoms with Crippen LogP contribution in [-0.2, 0) is 0 Å². The summed E-state index contributed by atoms with van der Waals surface area (Å²) in [6.07, 6.45) is 3.59. The van der Waals surface area contributed by atoms with E-state index < -0.39 is 0 Å². The summed E-state index contributed by atoms with van der Waals surface area (Å²) in [6.45, 7) is 1.93. The van der Waals surface area contributed by atoms with E-state index in [-0.39, 0.29) is 5.84 Å². The van der Waals surface area contributed by atoms with E-state index in [2.05, 4.69) is 10.1 Å². The van der Waals surface area contributed by atoms with Gasteiger partial charge in [0, 0.05) is 18.5 Å². The van der Waals surface area contributed by atoms with Crippen molar-refractivity contribution >= 4 is 11.5 Å². The van der Waals surface area contributed by atoms with Crippen LogP contribution in [0.5, 0.6) is 0 Å². The SMILES string of the molecule is Cc1cnc2cc(C(=N)N)nn2c1. The van der Waals surface area contributed by atoms with E-state index in [1.807, 2.05) is 13.1 Å². The molecule has 66 valence electrons. The summed E-state index contributed by atoms with van der Waals surface area (Å²) in [6, 6.07) is 1.68. The molecule has 0 radical (unpaired) electrons. The van der Waals surface area contributed by atoms with Gasteiger partial charge >= 0.3 is 0 Å². The highest BCUT2D eigenvalue weighted by molar-refractivity contribution is 5.93. The van der Waals surface area contributed by atoms with E-state index in [0.29, 0.717) is 11.3 Å². The average Bonchev–Trinajstić information content (AvgIpc) is 2.46. The quantitative estimate of drug-likeness (QED) is 0.484. The maximum Gasteiger partial charge on any atom is 0.155 e. The average molecular weight is 175 g/mol. The van der Waals surface area contributed by atoms with Crippen LogP contribution in [0.1, 0.15) is 11.3 Å². The summed E-state index contributed by atoms with van der Waals surface area (Å²) >= 11 is 0. The van der Waals surface area contributed by atoms with Crippen LogP contribution in [-0.4, -0.2) is 20.4 Å². The van der Waals surface area contributed by atoms with Crippen molar-refractivity contribution in [2.75, 3.05) is 0 Å². The molecule has 0 spiro atoms. The van der Waals surface area contributed by atoms with Gasteiger partial charge in [0.05, 0.1) is 0 Å². The molecule has 0 bridgehead atoms. The van der Waals surface area contributed by atoms with Crippen LogP contribution in [0.3, 0.4) is 0 Å². The molecule has 0 aliphatic rings. The van der Waals surface area contributed by atoms with Gasteiger partial charge in [-0.2, -0.15) is 5.10 Å². The maximum absolute atomic E-state index is 7.20. The summed E-state index contributed by atoms with van der Waals surface area (Å²) in [5.41, 5.74) is 7.48. The third-order valence-corrected chi connectivity index (χ3v) is 1.72. The van der Waals surface area contributed by atoms with Crippen molar-refractivity contribution in [3.05, 3.63) is 29.7 Å². The fraction of sp³-hybridized carbons (Fsp3) is 0.125. The molecule has 3 N–H and O–H groups in total. The van der Waals surface area contributed by atoms with Gasteiger partial charge in [0.15, 0.2) is 5.65 Å². The number of nitrogens with one attached hydrogen (secondary N) is 1. The molecule has 0 fully saturated rings. The zero-order chi connectivity index (χ0) is 9.42. The summed E-state index contributed by atoms with van der Waals surface area (Å²) in [4.78, 5) is 4.13. The largest absolute Gasteiger partial charge is 0.382 e. The Hall–Kier alpha value is -1.91. The fourth-order valence-corrected chi connectivity index (χ4v) is 1.10. The van der Waals surface area contributed by atoms with Crippen LogP contribution in [0.4, 0.5) is 0 Å². The van der Waals surface area contributed by atoms with Gasteiger partial charge in [-0.1, -0.05) is 0 Å². The number of nitrogens with two attached hydrogens (primary N) is 1. The van der Waals surface area contributed by atoms with Crippen molar-refractivity contribution in [2.24, 2.45) is 5.73 Å². The Morgan fingerprint density at radius 1 is 1.62 bits per heavy atom. The molecule has 0 amide bonds. The molecule has 2 aromatic rings. The van der Waals surface area contributed by atoms with Crippen molar-refractivity contribution in [1.29, 1.82) is 5.41 Å². The number of nitrogens with zero attached hydrogens (tertiary/aromatic N) is 3. The van der Waals surface area contributed by atoms with Crippen LogP contribution in [0.15, 0.2) is 18.5 Å². The second-order valence-corrected chi connectivity index (χ2v) is 2.88. The molecular formula is C8H9N5. The Balaban J connectivity index is 2.68. The minimum Gasteiger partial charge on any atom is -0.382 e. The first kappa shape index (κ1) is 7.72. The smallest absolute Gasteiger partial charge is 0.155 e. The number of hydrogen-bond acceptors (Lipinski definition) is 3. The van der Waals surface area contributed by atoms with Gasteiger partial charge < -0.3 is 5.73 Å². The first-order chi connectivity index (χ1) is 6.16. The first-order valence-corrected chi connectivity index (χ1v) is 3.83. The van der Waals surface area contributed by atoms with Gasteiger partial charge in [0.25, 0.3) is 0 Å². The minimum absolute atomic E-state index is 0.0387. The van der Waals surface area contributed by atoms with E-state index in [1.165, 1.54) is 0 Å². The zero-order valence-electron chi connectivity index (χ0n) is 7.15. The van der Waals surface area contributed by atoms with Crippen molar-refractivity contribution in [3.63, 3.8) is 0 Å². The molecule has 0 aromatic carbocycles. The third-order valence-electron chi connectivity index (χ3n) is 1.72. The highest BCUT2D eigenvalue weighted by Crippen LogP contribution is 2.03. The Morgan fingerprint density at radius 2 is 2.38 bits per heavy atom. The van der Waals surface area contributed by atoms with Crippen LogP contribution in [0.25, 0.3) is 5.65 Å². The molecule has 0 unspecified atom stereocenters. The summed E-state index contributed by atoms with van der Waals surface area (Å²) in [5, 5.41) is 11.3. The van der Waals surface area contributed by atoms with Crippen molar-refractivity contribution in [2.45, 2.75) is 6.92 Å². The molecule has 2 rings (SSSR count). The summed E-state index contributed by atoms with van der Waals surface area (Å²) in [5.74, 6) is -0.0387. The molecule has 5 nitrogen and oxygen atoms in total. The molecule has 0 aliphatic heterocycles. The molecule has 0 saturated carbocycles. The molecule has 13 heavy (non-hydrogen) atoms. The Morgan fingerprint density at radius 3 is 3.08 bits per heavy atom.